The van der Waals surface area contributed by atoms with Crippen molar-refractivity contribution in [3.63, 3.8) is 0 Å². The molecule has 2 fully saturated rings. The van der Waals surface area contributed by atoms with Gasteiger partial charge >= 0.3 is 0 Å². The maximum Gasteiger partial charge on any atom is 0.166 e. The molecule has 6 heterocycles. The first-order valence-electron chi connectivity index (χ1n) is 13.9. The van der Waals surface area contributed by atoms with Crippen LogP contribution in [0.5, 0.6) is 0 Å². The fourth-order valence-electron chi connectivity index (χ4n) is 5.97. The molecular formula is C28H34N8O3. The third-order valence-corrected chi connectivity index (χ3v) is 8.13. The number of imidazole rings is 2. The lowest BCUT2D eigenvalue weighted by atomic mass is 10.0. The number of nitrogens with zero attached hydrogens (tertiary/aromatic N) is 8. The van der Waals surface area contributed by atoms with Crippen molar-refractivity contribution in [1.82, 2.24) is 34.0 Å². The first-order valence-corrected chi connectivity index (χ1v) is 13.9. The molecule has 3 aliphatic rings. The summed E-state index contributed by atoms with van der Waals surface area (Å²) in [5.41, 5.74) is 4.73. The molecule has 1 aromatic carbocycles. The van der Waals surface area contributed by atoms with Crippen molar-refractivity contribution < 1.29 is 14.6 Å². The third-order valence-electron chi connectivity index (χ3n) is 8.13. The molecule has 2 saturated heterocycles. The SMILES string of the molecule is OCc1cccc(-c2nc(N3CCOCC3)c3ncn(C4CCN(Cc5cnc6n5CCOC6)CC4)c3n2)c1. The molecule has 0 amide bonds. The molecule has 1 N–H and O–H groups in total. The standard InChI is InChI=1S/C28H34N8O3/c37-17-20-2-1-3-21(14-20)26-31-27(34-8-11-38-12-9-34)25-28(32-26)36(19-30-25)22-4-6-33(7-5-22)16-23-15-29-24-18-39-13-10-35(23)24/h1-3,14-15,19,22,37H,4-13,16-18H2. The van der Waals surface area contributed by atoms with Gasteiger partial charge < -0.3 is 28.6 Å². The van der Waals surface area contributed by atoms with E-state index >= 15 is 0 Å². The summed E-state index contributed by atoms with van der Waals surface area (Å²) in [6.07, 6.45) is 6.02. The predicted octanol–water partition coefficient (Wildman–Crippen LogP) is 2.39. The summed E-state index contributed by atoms with van der Waals surface area (Å²) >= 11 is 0. The number of aliphatic hydroxyl groups excluding tert-OH is 1. The number of aromatic nitrogens is 6. The van der Waals surface area contributed by atoms with Gasteiger partial charge in [0, 0.05) is 57.1 Å². The molecule has 39 heavy (non-hydrogen) atoms. The van der Waals surface area contributed by atoms with Gasteiger partial charge in [0.2, 0.25) is 0 Å². The normalized spacial score (nSPS) is 19.1. The molecule has 0 saturated carbocycles. The summed E-state index contributed by atoms with van der Waals surface area (Å²) in [4.78, 5) is 24.2. The van der Waals surface area contributed by atoms with Crippen LogP contribution in [0, 0.1) is 0 Å². The molecule has 3 aliphatic heterocycles. The minimum absolute atomic E-state index is 0.0151. The van der Waals surface area contributed by atoms with Crippen LogP contribution in [0.15, 0.2) is 36.8 Å². The largest absolute Gasteiger partial charge is 0.392 e. The molecule has 0 bridgehead atoms. The van der Waals surface area contributed by atoms with Crippen molar-refractivity contribution >= 4 is 17.0 Å². The molecule has 4 aromatic rings. The highest BCUT2D eigenvalue weighted by atomic mass is 16.5. The Morgan fingerprint density at radius 2 is 1.79 bits per heavy atom. The first kappa shape index (κ1) is 24.6. The van der Waals surface area contributed by atoms with Crippen molar-refractivity contribution in [3.05, 3.63) is 53.9 Å². The van der Waals surface area contributed by atoms with Crippen molar-refractivity contribution in [2.24, 2.45) is 0 Å². The van der Waals surface area contributed by atoms with Crippen LogP contribution in [-0.2, 0) is 35.8 Å². The van der Waals surface area contributed by atoms with E-state index in [4.69, 9.17) is 24.4 Å². The van der Waals surface area contributed by atoms with E-state index in [1.165, 1.54) is 5.69 Å². The lowest BCUT2D eigenvalue weighted by molar-refractivity contribution is 0.0790. The van der Waals surface area contributed by atoms with Crippen LogP contribution in [-0.4, -0.2) is 85.1 Å². The van der Waals surface area contributed by atoms with Crippen LogP contribution in [0.4, 0.5) is 5.82 Å². The van der Waals surface area contributed by atoms with Crippen LogP contribution in [0.2, 0.25) is 0 Å². The number of fused-ring (bicyclic) bond motifs is 2. The van der Waals surface area contributed by atoms with Gasteiger partial charge in [0.05, 0.1) is 38.4 Å². The molecule has 0 aliphatic carbocycles. The number of likely N-dealkylation sites (tertiary alicyclic amines) is 1. The second-order valence-electron chi connectivity index (χ2n) is 10.5. The molecule has 0 atom stereocenters. The maximum absolute atomic E-state index is 9.69. The van der Waals surface area contributed by atoms with Crippen LogP contribution in [0.3, 0.4) is 0 Å². The van der Waals surface area contributed by atoms with Crippen LogP contribution >= 0.6 is 0 Å². The molecular weight excluding hydrogens is 496 g/mol. The number of hydrogen-bond donors (Lipinski definition) is 1. The minimum Gasteiger partial charge on any atom is -0.392 e. The highest BCUT2D eigenvalue weighted by Gasteiger charge is 2.27. The monoisotopic (exact) mass is 530 g/mol. The number of morpholine rings is 1. The Kier molecular flexibility index (Phi) is 6.73. The smallest absolute Gasteiger partial charge is 0.166 e. The number of piperidine rings is 1. The number of anilines is 1. The maximum atomic E-state index is 9.69. The van der Waals surface area contributed by atoms with E-state index in [-0.39, 0.29) is 6.61 Å². The molecule has 3 aromatic heterocycles. The predicted molar refractivity (Wildman–Crippen MR) is 145 cm³/mol. The molecule has 11 nitrogen and oxygen atoms in total. The zero-order chi connectivity index (χ0) is 26.2. The summed E-state index contributed by atoms with van der Waals surface area (Å²) in [7, 11) is 0. The lowest BCUT2D eigenvalue weighted by Crippen LogP contribution is -2.37. The van der Waals surface area contributed by atoms with Crippen molar-refractivity contribution in [1.29, 1.82) is 0 Å². The Bertz CT molecular complexity index is 1450. The lowest BCUT2D eigenvalue weighted by Gasteiger charge is -2.33. The fraction of sp³-hybridized carbons (Fsp3) is 0.500. The van der Waals surface area contributed by atoms with Crippen molar-refractivity contribution in [3.8, 4) is 11.4 Å². The molecule has 7 rings (SSSR count). The Labute approximate surface area is 227 Å². The number of hydrogen-bond acceptors (Lipinski definition) is 9. The molecule has 11 heteroatoms. The van der Waals surface area contributed by atoms with Gasteiger partial charge in [-0.3, -0.25) is 4.90 Å². The van der Waals surface area contributed by atoms with Crippen LogP contribution in [0.25, 0.3) is 22.6 Å². The highest BCUT2D eigenvalue weighted by molar-refractivity contribution is 5.86. The Balaban J connectivity index is 1.16. The number of benzene rings is 1. The van der Waals surface area contributed by atoms with Crippen LogP contribution < -0.4 is 4.90 Å². The second kappa shape index (κ2) is 10.6. The van der Waals surface area contributed by atoms with Gasteiger partial charge in [-0.05, 0) is 24.5 Å². The van der Waals surface area contributed by atoms with Crippen LogP contribution in [0.1, 0.15) is 36.0 Å². The number of aliphatic hydroxyl groups is 1. The minimum atomic E-state index is -0.0151. The molecule has 204 valence electrons. The summed E-state index contributed by atoms with van der Waals surface area (Å²) in [5.74, 6) is 2.55. The summed E-state index contributed by atoms with van der Waals surface area (Å²) in [5, 5.41) is 9.69. The first-order chi connectivity index (χ1) is 19.3. The van der Waals surface area contributed by atoms with E-state index < -0.39 is 0 Å². The van der Waals surface area contributed by atoms with Gasteiger partial charge in [0.1, 0.15) is 12.4 Å². The second-order valence-corrected chi connectivity index (χ2v) is 10.5. The van der Waals surface area contributed by atoms with Gasteiger partial charge in [0.25, 0.3) is 0 Å². The fourth-order valence-corrected chi connectivity index (χ4v) is 5.97. The summed E-state index contributed by atoms with van der Waals surface area (Å²) < 4.78 is 15.7. The van der Waals surface area contributed by atoms with E-state index in [9.17, 15) is 5.11 Å². The Morgan fingerprint density at radius 1 is 0.949 bits per heavy atom. The van der Waals surface area contributed by atoms with Crippen molar-refractivity contribution in [2.45, 2.75) is 45.2 Å². The Hall–Kier alpha value is -3.38. The summed E-state index contributed by atoms with van der Waals surface area (Å²) in [6, 6.07) is 8.15. The van der Waals surface area contributed by atoms with E-state index in [1.54, 1.807) is 0 Å². The zero-order valence-corrected chi connectivity index (χ0v) is 22.1. The van der Waals surface area contributed by atoms with E-state index in [0.29, 0.717) is 31.7 Å². The number of ether oxygens (including phenoxy) is 2. The average Bonchev–Trinajstić information content (AvgIpc) is 3.62. The average molecular weight is 531 g/mol. The topological polar surface area (TPSA) is 107 Å². The zero-order valence-electron chi connectivity index (χ0n) is 22.1. The molecule has 0 spiro atoms. The van der Waals surface area contributed by atoms with Gasteiger partial charge in [0.15, 0.2) is 22.8 Å². The molecule has 0 radical (unpaired) electrons. The highest BCUT2D eigenvalue weighted by Crippen LogP contribution is 2.32. The van der Waals surface area contributed by atoms with E-state index in [0.717, 1.165) is 92.7 Å². The van der Waals surface area contributed by atoms with Gasteiger partial charge in [-0.15, -0.1) is 0 Å². The van der Waals surface area contributed by atoms with E-state index in [2.05, 4.69) is 23.9 Å². The quantitative estimate of drug-likeness (QED) is 0.402. The van der Waals surface area contributed by atoms with E-state index in [1.807, 2.05) is 36.8 Å². The summed E-state index contributed by atoms with van der Waals surface area (Å²) in [6.45, 7) is 8.07. The molecule has 0 unspecified atom stereocenters. The van der Waals surface area contributed by atoms with Gasteiger partial charge in [-0.1, -0.05) is 18.2 Å². The van der Waals surface area contributed by atoms with Gasteiger partial charge in [-0.25, -0.2) is 19.9 Å². The number of rotatable bonds is 6. The third kappa shape index (κ3) is 4.80. The Morgan fingerprint density at radius 3 is 2.64 bits per heavy atom. The van der Waals surface area contributed by atoms with Gasteiger partial charge in [-0.2, -0.15) is 0 Å². The van der Waals surface area contributed by atoms with Crippen molar-refractivity contribution in [2.75, 3.05) is 50.9 Å².